The summed E-state index contributed by atoms with van der Waals surface area (Å²) in [5.41, 5.74) is 5.63. The third kappa shape index (κ3) is 3.56. The Labute approximate surface area is 113 Å². The molecule has 2 N–H and O–H groups in total. The monoisotopic (exact) mass is 276 g/mol. The lowest BCUT2D eigenvalue weighted by Gasteiger charge is -2.02. The Morgan fingerprint density at radius 3 is 2.79 bits per heavy atom. The van der Waals surface area contributed by atoms with Gasteiger partial charge in [-0.05, 0) is 42.1 Å². The van der Waals surface area contributed by atoms with Crippen LogP contribution in [0.3, 0.4) is 0 Å². The number of nitrogens with one attached hydrogen (secondary N) is 2. The summed E-state index contributed by atoms with van der Waals surface area (Å²) >= 11 is 1.54. The molecule has 2 amide bonds. The summed E-state index contributed by atoms with van der Waals surface area (Å²) in [7, 11) is 0. The highest BCUT2D eigenvalue weighted by atomic mass is 32.1. The summed E-state index contributed by atoms with van der Waals surface area (Å²) in [5.74, 6) is -0.773. The first-order chi connectivity index (χ1) is 9.16. The number of rotatable bonds is 3. The van der Waals surface area contributed by atoms with E-state index >= 15 is 0 Å². The van der Waals surface area contributed by atoms with Crippen LogP contribution < -0.4 is 10.9 Å². The molecule has 2 aromatic heterocycles. The molecule has 0 saturated carbocycles. The third-order valence-electron chi connectivity index (χ3n) is 2.33. The van der Waals surface area contributed by atoms with Crippen LogP contribution >= 0.6 is 11.3 Å². The average molecular weight is 276 g/mol. The fourth-order valence-corrected chi connectivity index (χ4v) is 2.16. The minimum Gasteiger partial charge on any atom is -0.459 e. The smallest absolute Gasteiger partial charge is 0.305 e. The van der Waals surface area contributed by atoms with Gasteiger partial charge in [0.1, 0.15) is 0 Å². The second kappa shape index (κ2) is 6.01. The second-order valence-corrected chi connectivity index (χ2v) is 4.67. The Hall–Kier alpha value is -2.34. The van der Waals surface area contributed by atoms with Gasteiger partial charge in [0.05, 0.1) is 6.26 Å². The Balaban J connectivity index is 1.84. The molecule has 0 fully saturated rings. The van der Waals surface area contributed by atoms with Gasteiger partial charge in [0.15, 0.2) is 5.76 Å². The van der Waals surface area contributed by atoms with Gasteiger partial charge in [-0.1, -0.05) is 0 Å². The molecule has 0 aromatic carbocycles. The normalized spacial score (nSPS) is 10.6. The van der Waals surface area contributed by atoms with Crippen molar-refractivity contribution in [3.8, 4) is 0 Å². The first-order valence-electron chi connectivity index (χ1n) is 5.53. The molecule has 0 aliphatic heterocycles. The molecule has 0 radical (unpaired) electrons. The molecular formula is C13H12N2O3S. The molecule has 0 atom stereocenters. The van der Waals surface area contributed by atoms with Crippen molar-refractivity contribution in [3.05, 3.63) is 52.1 Å². The molecule has 0 unspecified atom stereocenters. The van der Waals surface area contributed by atoms with Gasteiger partial charge in [0, 0.05) is 11.0 Å². The predicted molar refractivity (Wildman–Crippen MR) is 72.4 cm³/mol. The van der Waals surface area contributed by atoms with E-state index in [1.165, 1.54) is 18.4 Å². The van der Waals surface area contributed by atoms with Gasteiger partial charge in [-0.25, -0.2) is 0 Å². The van der Waals surface area contributed by atoms with Crippen LogP contribution in [0, 0.1) is 6.92 Å². The fourth-order valence-electron chi connectivity index (χ4n) is 1.34. The van der Waals surface area contributed by atoms with Crippen molar-refractivity contribution in [3.63, 3.8) is 0 Å². The second-order valence-electron chi connectivity index (χ2n) is 3.72. The van der Waals surface area contributed by atoms with E-state index in [1.54, 1.807) is 23.5 Å². The van der Waals surface area contributed by atoms with E-state index in [9.17, 15) is 9.59 Å². The summed E-state index contributed by atoms with van der Waals surface area (Å²) in [6.45, 7) is 1.97. The molecule has 2 aromatic rings. The molecule has 6 heteroatoms. The molecule has 0 aliphatic rings. The molecule has 98 valence electrons. The fraction of sp³-hybridized carbons (Fsp3) is 0.0769. The summed E-state index contributed by atoms with van der Waals surface area (Å²) in [4.78, 5) is 23.9. The zero-order valence-electron chi connectivity index (χ0n) is 10.2. The first-order valence-corrected chi connectivity index (χ1v) is 6.41. The largest absolute Gasteiger partial charge is 0.459 e. The van der Waals surface area contributed by atoms with Crippen molar-refractivity contribution >= 4 is 29.2 Å². The van der Waals surface area contributed by atoms with Crippen LogP contribution in [0.4, 0.5) is 0 Å². The van der Waals surface area contributed by atoms with Crippen LogP contribution in [-0.2, 0) is 4.79 Å². The summed E-state index contributed by atoms with van der Waals surface area (Å²) in [5, 5.41) is 1.95. The number of furan rings is 1. The molecule has 0 saturated heterocycles. The summed E-state index contributed by atoms with van der Waals surface area (Å²) in [6.07, 6.45) is 4.45. The summed E-state index contributed by atoms with van der Waals surface area (Å²) in [6, 6.07) is 5.07. The molecule has 2 heterocycles. The lowest BCUT2D eigenvalue weighted by molar-refractivity contribution is -0.117. The summed E-state index contributed by atoms with van der Waals surface area (Å²) < 4.78 is 4.88. The first kappa shape index (κ1) is 13.1. The topological polar surface area (TPSA) is 71.3 Å². The molecule has 2 rings (SSSR count). The van der Waals surface area contributed by atoms with Gasteiger partial charge in [-0.3, -0.25) is 20.4 Å². The van der Waals surface area contributed by atoms with Gasteiger partial charge < -0.3 is 4.42 Å². The number of carbonyl (C=O) groups is 2. The number of hydrogen-bond donors (Lipinski definition) is 2. The van der Waals surface area contributed by atoms with Crippen LogP contribution in [-0.4, -0.2) is 11.8 Å². The van der Waals surface area contributed by atoms with E-state index in [0.29, 0.717) is 0 Å². The maximum Gasteiger partial charge on any atom is 0.305 e. The minimum absolute atomic E-state index is 0.137. The SMILES string of the molecule is Cc1ccsc1C=CC(=O)NNC(=O)c1ccco1. The molecule has 0 aliphatic carbocycles. The van der Waals surface area contributed by atoms with Crippen molar-refractivity contribution in [1.29, 1.82) is 0 Å². The highest BCUT2D eigenvalue weighted by Gasteiger charge is 2.08. The Kier molecular flexibility index (Phi) is 4.15. The van der Waals surface area contributed by atoms with Crippen LogP contribution in [0.25, 0.3) is 6.08 Å². The van der Waals surface area contributed by atoms with E-state index in [1.807, 2.05) is 18.4 Å². The zero-order valence-corrected chi connectivity index (χ0v) is 11.0. The Morgan fingerprint density at radius 1 is 1.32 bits per heavy atom. The van der Waals surface area contributed by atoms with Crippen LogP contribution in [0.15, 0.2) is 40.3 Å². The van der Waals surface area contributed by atoms with Gasteiger partial charge in [-0.15, -0.1) is 11.3 Å². The van der Waals surface area contributed by atoms with Crippen molar-refractivity contribution < 1.29 is 14.0 Å². The van der Waals surface area contributed by atoms with Gasteiger partial charge in [0.2, 0.25) is 0 Å². The van der Waals surface area contributed by atoms with Crippen molar-refractivity contribution in [2.24, 2.45) is 0 Å². The van der Waals surface area contributed by atoms with Gasteiger partial charge in [-0.2, -0.15) is 0 Å². The highest BCUT2D eigenvalue weighted by Crippen LogP contribution is 2.16. The number of carbonyl (C=O) groups excluding carboxylic acids is 2. The van der Waals surface area contributed by atoms with Crippen LogP contribution in [0.5, 0.6) is 0 Å². The van der Waals surface area contributed by atoms with Gasteiger partial charge >= 0.3 is 5.91 Å². The molecule has 0 spiro atoms. The number of hydrazine groups is 1. The minimum atomic E-state index is -0.501. The van der Waals surface area contributed by atoms with E-state index in [0.717, 1.165) is 10.4 Å². The van der Waals surface area contributed by atoms with Gasteiger partial charge in [0.25, 0.3) is 5.91 Å². The third-order valence-corrected chi connectivity index (χ3v) is 3.32. The molecule has 19 heavy (non-hydrogen) atoms. The number of hydrogen-bond acceptors (Lipinski definition) is 4. The number of thiophene rings is 1. The van der Waals surface area contributed by atoms with Crippen molar-refractivity contribution in [1.82, 2.24) is 10.9 Å². The highest BCUT2D eigenvalue weighted by molar-refractivity contribution is 7.11. The maximum absolute atomic E-state index is 11.5. The lowest BCUT2D eigenvalue weighted by atomic mass is 10.3. The quantitative estimate of drug-likeness (QED) is 0.666. The molecule has 5 nitrogen and oxygen atoms in total. The molecule has 0 bridgehead atoms. The predicted octanol–water partition coefficient (Wildman–Crippen LogP) is 2.12. The zero-order chi connectivity index (χ0) is 13.7. The van der Waals surface area contributed by atoms with E-state index < -0.39 is 11.8 Å². The molecular weight excluding hydrogens is 264 g/mol. The standard InChI is InChI=1S/C13H12N2O3S/c1-9-6-8-19-11(9)4-5-12(16)14-15-13(17)10-3-2-7-18-10/h2-8H,1H3,(H,14,16)(H,15,17). The van der Waals surface area contributed by atoms with E-state index in [4.69, 9.17) is 4.42 Å². The van der Waals surface area contributed by atoms with Crippen LogP contribution in [0.2, 0.25) is 0 Å². The number of aryl methyl sites for hydroxylation is 1. The van der Waals surface area contributed by atoms with E-state index in [2.05, 4.69) is 10.9 Å². The van der Waals surface area contributed by atoms with Crippen molar-refractivity contribution in [2.45, 2.75) is 6.92 Å². The Bertz CT molecular complexity index is 599. The lowest BCUT2D eigenvalue weighted by Crippen LogP contribution is -2.40. The number of amides is 2. The van der Waals surface area contributed by atoms with E-state index in [-0.39, 0.29) is 5.76 Å². The van der Waals surface area contributed by atoms with Crippen LogP contribution in [0.1, 0.15) is 21.0 Å². The average Bonchev–Trinajstić information content (AvgIpc) is 3.05. The Morgan fingerprint density at radius 2 is 2.16 bits per heavy atom. The maximum atomic E-state index is 11.5. The van der Waals surface area contributed by atoms with Crippen molar-refractivity contribution in [2.75, 3.05) is 0 Å².